The van der Waals surface area contributed by atoms with Gasteiger partial charge in [0, 0.05) is 6.92 Å². The van der Waals surface area contributed by atoms with Gasteiger partial charge in [-0.1, -0.05) is 0 Å². The molecule has 1 aliphatic heterocycles. The molecule has 0 aromatic rings. The number of aliphatic hydroxyl groups excluding tert-OH is 3. The molecule has 0 aliphatic carbocycles. The number of guanidine groups is 1. The third kappa shape index (κ3) is 4.81. The summed E-state index contributed by atoms with van der Waals surface area (Å²) in [6.07, 6.45) is -3.65. The van der Waals surface area contributed by atoms with Gasteiger partial charge < -0.3 is 41.9 Å². The van der Waals surface area contributed by atoms with Crippen LogP contribution in [0, 0.1) is 0 Å². The first-order chi connectivity index (χ1) is 10.7. The first-order valence-corrected chi connectivity index (χ1v) is 6.62. The van der Waals surface area contributed by atoms with Crippen molar-refractivity contribution in [2.24, 2.45) is 16.5 Å². The molecule has 11 heteroatoms. The van der Waals surface area contributed by atoms with Gasteiger partial charge in [-0.2, -0.15) is 0 Å². The summed E-state index contributed by atoms with van der Waals surface area (Å²) in [4.78, 5) is 26.3. The molecule has 5 atom stereocenters. The molecule has 3 unspecified atom stereocenters. The number of carbonyl (C=O) groups excluding carboxylic acids is 1. The molecular weight excluding hydrogens is 312 g/mol. The number of carbonyl (C=O) groups is 2. The Morgan fingerprint density at radius 2 is 2.04 bits per heavy atom. The number of hydrogen-bond donors (Lipinski definition) is 7. The number of carboxylic acid groups (broad SMARTS) is 1. The molecule has 130 valence electrons. The maximum Gasteiger partial charge on any atom is 0.370 e. The predicted octanol–water partition coefficient (Wildman–Crippen LogP) is -3.79. The van der Waals surface area contributed by atoms with Crippen LogP contribution >= 0.6 is 0 Å². The van der Waals surface area contributed by atoms with E-state index in [4.69, 9.17) is 26.4 Å². The normalized spacial score (nSPS) is 26.3. The Labute approximate surface area is 131 Å². The second-order valence-corrected chi connectivity index (χ2v) is 4.93. The van der Waals surface area contributed by atoms with Crippen LogP contribution in [0.3, 0.4) is 0 Å². The highest BCUT2D eigenvalue weighted by molar-refractivity contribution is 5.85. The van der Waals surface area contributed by atoms with Crippen LogP contribution < -0.4 is 16.8 Å². The van der Waals surface area contributed by atoms with Crippen LogP contribution in [-0.4, -0.2) is 75.3 Å². The van der Waals surface area contributed by atoms with Crippen LogP contribution in [0.15, 0.2) is 16.8 Å². The van der Waals surface area contributed by atoms with E-state index >= 15 is 0 Å². The summed E-state index contributed by atoms with van der Waals surface area (Å²) in [6, 6.07) is -2.11. The lowest BCUT2D eigenvalue weighted by Gasteiger charge is -2.38. The van der Waals surface area contributed by atoms with E-state index in [9.17, 15) is 19.8 Å². The first kappa shape index (κ1) is 18.7. The van der Waals surface area contributed by atoms with Crippen molar-refractivity contribution in [2.45, 2.75) is 37.3 Å². The van der Waals surface area contributed by atoms with E-state index in [0.717, 1.165) is 6.08 Å². The molecule has 0 saturated carbocycles. The Bertz CT molecular complexity index is 518. The van der Waals surface area contributed by atoms with Crippen LogP contribution in [0.2, 0.25) is 0 Å². The minimum absolute atomic E-state index is 0.371. The first-order valence-electron chi connectivity index (χ1n) is 6.62. The molecule has 0 spiro atoms. The van der Waals surface area contributed by atoms with Gasteiger partial charge in [0.2, 0.25) is 11.7 Å². The van der Waals surface area contributed by atoms with Gasteiger partial charge in [-0.15, -0.1) is 0 Å². The van der Waals surface area contributed by atoms with Gasteiger partial charge in [0.25, 0.3) is 0 Å². The molecule has 1 amide bonds. The molecule has 0 aromatic heterocycles. The Hall–Kier alpha value is -2.37. The highest BCUT2D eigenvalue weighted by atomic mass is 16.5. The van der Waals surface area contributed by atoms with Gasteiger partial charge in [0.05, 0.1) is 18.7 Å². The summed E-state index contributed by atoms with van der Waals surface area (Å²) in [5, 5.41) is 40.1. The monoisotopic (exact) mass is 332 g/mol. The summed E-state index contributed by atoms with van der Waals surface area (Å²) in [7, 11) is 0. The molecule has 1 heterocycles. The molecule has 0 aromatic carbocycles. The average molecular weight is 332 g/mol. The van der Waals surface area contributed by atoms with Gasteiger partial charge in [0.15, 0.2) is 5.96 Å². The Balaban J connectivity index is 3.28. The number of amides is 1. The zero-order valence-corrected chi connectivity index (χ0v) is 12.3. The van der Waals surface area contributed by atoms with Gasteiger partial charge in [-0.05, 0) is 6.08 Å². The second-order valence-electron chi connectivity index (χ2n) is 4.93. The molecule has 11 nitrogen and oxygen atoms in total. The molecule has 0 bridgehead atoms. The largest absolute Gasteiger partial charge is 0.478 e. The Morgan fingerprint density at radius 1 is 1.43 bits per heavy atom. The van der Waals surface area contributed by atoms with E-state index < -0.39 is 54.6 Å². The van der Waals surface area contributed by atoms with Crippen LogP contribution in [0.1, 0.15) is 6.92 Å². The molecule has 0 saturated heterocycles. The van der Waals surface area contributed by atoms with Gasteiger partial charge >= 0.3 is 5.97 Å². The van der Waals surface area contributed by atoms with E-state index in [1.807, 2.05) is 0 Å². The van der Waals surface area contributed by atoms with Crippen molar-refractivity contribution in [1.29, 1.82) is 0 Å². The van der Waals surface area contributed by atoms with Crippen molar-refractivity contribution in [3.05, 3.63) is 11.8 Å². The molecular formula is C12H20N4O7. The quantitative estimate of drug-likeness (QED) is 0.188. The van der Waals surface area contributed by atoms with Crippen LogP contribution in [0.25, 0.3) is 0 Å². The second kappa shape index (κ2) is 7.76. The number of ether oxygens (including phenoxy) is 1. The number of aliphatic hydroxyl groups is 3. The number of aliphatic carboxylic acids is 1. The van der Waals surface area contributed by atoms with E-state index in [1.165, 1.54) is 6.92 Å². The fourth-order valence-corrected chi connectivity index (χ4v) is 2.14. The maximum atomic E-state index is 11.4. The van der Waals surface area contributed by atoms with E-state index in [1.54, 1.807) is 0 Å². The number of hydrogen-bond acceptors (Lipinski definition) is 7. The Morgan fingerprint density at radius 3 is 2.48 bits per heavy atom. The van der Waals surface area contributed by atoms with Crippen molar-refractivity contribution in [3.8, 4) is 0 Å². The predicted molar refractivity (Wildman–Crippen MR) is 76.9 cm³/mol. The van der Waals surface area contributed by atoms with Gasteiger partial charge in [-0.25, -0.2) is 9.79 Å². The topological polar surface area (TPSA) is 201 Å². The summed E-state index contributed by atoms with van der Waals surface area (Å²) in [5.41, 5.74) is 10.6. The molecule has 0 radical (unpaired) electrons. The van der Waals surface area contributed by atoms with Crippen molar-refractivity contribution in [1.82, 2.24) is 5.32 Å². The fraction of sp³-hybridized carbons (Fsp3) is 0.583. The zero-order chi connectivity index (χ0) is 17.7. The summed E-state index contributed by atoms with van der Waals surface area (Å²) in [6.45, 7) is 0.391. The van der Waals surface area contributed by atoms with Gasteiger partial charge in [-0.3, -0.25) is 4.79 Å². The van der Waals surface area contributed by atoms with Crippen molar-refractivity contribution in [2.75, 3.05) is 6.61 Å². The third-order valence-corrected chi connectivity index (χ3v) is 3.10. The lowest BCUT2D eigenvalue weighted by molar-refractivity contribution is -0.145. The Kier molecular flexibility index (Phi) is 6.30. The maximum absolute atomic E-state index is 11.4. The van der Waals surface area contributed by atoms with Crippen LogP contribution in [0.5, 0.6) is 0 Å². The molecule has 9 N–H and O–H groups in total. The van der Waals surface area contributed by atoms with E-state index in [0.29, 0.717) is 0 Å². The molecule has 1 aliphatic rings. The highest BCUT2D eigenvalue weighted by Crippen LogP contribution is 2.24. The van der Waals surface area contributed by atoms with Crippen molar-refractivity contribution < 1.29 is 34.8 Å². The number of carboxylic acids is 1. The molecule has 0 fully saturated rings. The summed E-state index contributed by atoms with van der Waals surface area (Å²) < 4.78 is 5.13. The SMILES string of the molecule is CC(=O)NC1[C@H](C(O)C(O)CO)OC(C(=O)O)=C[C@@H]1N=C(N)N. The van der Waals surface area contributed by atoms with E-state index in [-0.39, 0.29) is 5.96 Å². The third-order valence-electron chi connectivity index (χ3n) is 3.10. The molecule has 1 rings (SSSR count). The molecule has 23 heavy (non-hydrogen) atoms. The zero-order valence-electron chi connectivity index (χ0n) is 12.3. The number of rotatable bonds is 6. The number of nitrogens with two attached hydrogens (primary N) is 2. The minimum Gasteiger partial charge on any atom is -0.478 e. The number of aliphatic imine (C=N–C) groups is 1. The van der Waals surface area contributed by atoms with Gasteiger partial charge in [0.1, 0.15) is 18.3 Å². The van der Waals surface area contributed by atoms with E-state index in [2.05, 4.69) is 10.3 Å². The van der Waals surface area contributed by atoms with Crippen molar-refractivity contribution >= 4 is 17.8 Å². The summed E-state index contributed by atoms with van der Waals surface area (Å²) in [5.74, 6) is -2.89. The van der Waals surface area contributed by atoms with Crippen LogP contribution in [0.4, 0.5) is 0 Å². The average Bonchev–Trinajstić information content (AvgIpc) is 2.45. The lowest BCUT2D eigenvalue weighted by Crippen LogP contribution is -2.59. The van der Waals surface area contributed by atoms with Crippen LogP contribution in [-0.2, 0) is 14.3 Å². The number of nitrogens with zero attached hydrogens (tertiary/aromatic N) is 1. The van der Waals surface area contributed by atoms with Crippen molar-refractivity contribution in [3.63, 3.8) is 0 Å². The standard InChI is InChI=1S/C12H20N4O7/c1-4(18)15-8-5(16-12(13)14)2-7(11(21)22)23-10(8)9(20)6(19)3-17/h2,5-6,8-10,17,19-20H,3H2,1H3,(H,15,18)(H,21,22)(H4,13,14,16)/t5-,6?,8?,9?,10+/m0/s1. The minimum atomic E-state index is -1.70. The number of nitrogens with one attached hydrogen (secondary N) is 1. The smallest absolute Gasteiger partial charge is 0.370 e. The fourth-order valence-electron chi connectivity index (χ4n) is 2.14. The summed E-state index contributed by atoms with van der Waals surface area (Å²) >= 11 is 0. The lowest BCUT2D eigenvalue weighted by atomic mass is 9.92. The highest BCUT2D eigenvalue weighted by Gasteiger charge is 2.43.